The summed E-state index contributed by atoms with van der Waals surface area (Å²) in [5, 5.41) is 3.02. The smallest absolute Gasteiger partial charge is 0.228 e. The number of likely N-dealkylation sites (tertiary alicyclic amines) is 1. The molecular weight excluding hydrogens is 300 g/mol. The van der Waals surface area contributed by atoms with Gasteiger partial charge in [-0.15, -0.1) is 0 Å². The highest BCUT2D eigenvalue weighted by atomic mass is 16.2. The Morgan fingerprint density at radius 3 is 2.29 bits per heavy atom. The summed E-state index contributed by atoms with van der Waals surface area (Å²) in [6, 6.07) is 0. The van der Waals surface area contributed by atoms with E-state index in [0.29, 0.717) is 12.5 Å². The van der Waals surface area contributed by atoms with E-state index >= 15 is 0 Å². The summed E-state index contributed by atoms with van der Waals surface area (Å²) in [7, 11) is 0. The van der Waals surface area contributed by atoms with Crippen molar-refractivity contribution in [2.75, 3.05) is 19.6 Å². The van der Waals surface area contributed by atoms with Gasteiger partial charge in [-0.2, -0.15) is 0 Å². The zero-order valence-electron chi connectivity index (χ0n) is 15.1. The number of nitrogens with zero attached hydrogens (tertiary/aromatic N) is 1. The van der Waals surface area contributed by atoms with Gasteiger partial charge in [0.15, 0.2) is 0 Å². The number of carbonyl (C=O) groups excluding carboxylic acids is 2. The quantitative estimate of drug-likeness (QED) is 0.860. The van der Waals surface area contributed by atoms with Crippen molar-refractivity contribution in [3.05, 3.63) is 0 Å². The van der Waals surface area contributed by atoms with Crippen molar-refractivity contribution in [1.29, 1.82) is 0 Å². The summed E-state index contributed by atoms with van der Waals surface area (Å²) >= 11 is 0. The van der Waals surface area contributed by atoms with Crippen LogP contribution in [0, 0.1) is 29.1 Å². The van der Waals surface area contributed by atoms with E-state index in [-0.39, 0.29) is 17.2 Å². The minimum absolute atomic E-state index is 0.00293. The molecule has 5 rings (SSSR count). The van der Waals surface area contributed by atoms with Crippen LogP contribution in [0.1, 0.15) is 64.7 Å². The van der Waals surface area contributed by atoms with Gasteiger partial charge < -0.3 is 10.2 Å². The third-order valence-electron chi connectivity index (χ3n) is 7.12. The lowest BCUT2D eigenvalue weighted by Crippen LogP contribution is -2.56. The maximum absolute atomic E-state index is 13.4. The fraction of sp³-hybridized carbons (Fsp3) is 0.900. The zero-order chi connectivity index (χ0) is 16.7. The lowest BCUT2D eigenvalue weighted by atomic mass is 9.49. The minimum Gasteiger partial charge on any atom is -0.356 e. The Labute approximate surface area is 145 Å². The van der Waals surface area contributed by atoms with Crippen LogP contribution in [0.15, 0.2) is 0 Å². The molecule has 1 heterocycles. The van der Waals surface area contributed by atoms with Gasteiger partial charge in [-0.05, 0) is 75.5 Å². The molecule has 1 aliphatic heterocycles. The van der Waals surface area contributed by atoms with Crippen molar-refractivity contribution < 1.29 is 9.59 Å². The van der Waals surface area contributed by atoms with Crippen molar-refractivity contribution >= 4 is 11.8 Å². The second kappa shape index (κ2) is 6.34. The standard InChI is InChI=1S/C20H32N2O2/c1-2-5-21-18(23)17-4-3-6-22(13-17)19(24)20-10-14-7-15(11-20)9-16(8-14)12-20/h14-17H,2-13H2,1H3,(H,21,23)/t14?,15?,16?,17-,20?/m1/s1. The first-order valence-corrected chi connectivity index (χ1v) is 10.2. The molecule has 1 N–H and O–H groups in total. The van der Waals surface area contributed by atoms with Crippen molar-refractivity contribution in [2.45, 2.75) is 64.7 Å². The van der Waals surface area contributed by atoms with E-state index in [1.807, 2.05) is 0 Å². The van der Waals surface area contributed by atoms with Gasteiger partial charge in [-0.25, -0.2) is 0 Å². The molecule has 0 unspecified atom stereocenters. The first kappa shape index (κ1) is 16.4. The first-order valence-electron chi connectivity index (χ1n) is 10.2. The zero-order valence-corrected chi connectivity index (χ0v) is 15.1. The average Bonchev–Trinajstić information content (AvgIpc) is 2.58. The van der Waals surface area contributed by atoms with E-state index < -0.39 is 0 Å². The number of rotatable bonds is 4. The molecule has 0 aromatic heterocycles. The van der Waals surface area contributed by atoms with Gasteiger partial charge in [-0.1, -0.05) is 6.92 Å². The van der Waals surface area contributed by atoms with E-state index in [2.05, 4.69) is 17.1 Å². The average molecular weight is 332 g/mol. The fourth-order valence-corrected chi connectivity index (χ4v) is 6.48. The molecule has 5 aliphatic rings. The Balaban J connectivity index is 1.43. The van der Waals surface area contributed by atoms with E-state index in [4.69, 9.17) is 0 Å². The van der Waals surface area contributed by atoms with Crippen LogP contribution in [0.3, 0.4) is 0 Å². The third-order valence-corrected chi connectivity index (χ3v) is 7.12. The van der Waals surface area contributed by atoms with Crippen LogP contribution in [0.4, 0.5) is 0 Å². The summed E-state index contributed by atoms with van der Waals surface area (Å²) in [5.74, 6) is 2.95. The summed E-state index contributed by atoms with van der Waals surface area (Å²) in [4.78, 5) is 27.8. The molecular formula is C20H32N2O2. The summed E-state index contributed by atoms with van der Waals surface area (Å²) < 4.78 is 0. The Morgan fingerprint density at radius 2 is 1.71 bits per heavy atom. The van der Waals surface area contributed by atoms with E-state index in [0.717, 1.165) is 69.4 Å². The van der Waals surface area contributed by atoms with Gasteiger partial charge in [0.05, 0.1) is 11.3 Å². The van der Waals surface area contributed by atoms with Crippen LogP contribution < -0.4 is 5.32 Å². The highest BCUT2D eigenvalue weighted by molar-refractivity contribution is 5.85. The number of amides is 2. The van der Waals surface area contributed by atoms with Crippen LogP contribution >= 0.6 is 0 Å². The largest absolute Gasteiger partial charge is 0.356 e. The van der Waals surface area contributed by atoms with Crippen molar-refractivity contribution in [3.8, 4) is 0 Å². The maximum atomic E-state index is 13.4. The molecule has 4 bridgehead atoms. The highest BCUT2D eigenvalue weighted by Crippen LogP contribution is 2.60. The van der Waals surface area contributed by atoms with E-state index in [1.165, 1.54) is 19.3 Å². The summed E-state index contributed by atoms with van der Waals surface area (Å²) in [5.41, 5.74) is -0.0590. The Kier molecular flexibility index (Phi) is 4.34. The number of piperidine rings is 1. The predicted octanol–water partition coefficient (Wildman–Crippen LogP) is 2.97. The first-order chi connectivity index (χ1) is 11.6. The maximum Gasteiger partial charge on any atom is 0.228 e. The molecule has 1 saturated heterocycles. The Bertz CT molecular complexity index is 480. The van der Waals surface area contributed by atoms with Crippen molar-refractivity contribution in [1.82, 2.24) is 10.2 Å². The van der Waals surface area contributed by atoms with Gasteiger partial charge in [0.2, 0.25) is 11.8 Å². The van der Waals surface area contributed by atoms with Crippen LogP contribution in [-0.2, 0) is 9.59 Å². The fourth-order valence-electron chi connectivity index (χ4n) is 6.48. The van der Waals surface area contributed by atoms with E-state index in [9.17, 15) is 9.59 Å². The summed E-state index contributed by atoms with van der Waals surface area (Å²) in [6.45, 7) is 4.33. The van der Waals surface area contributed by atoms with Gasteiger partial charge >= 0.3 is 0 Å². The number of hydrogen-bond acceptors (Lipinski definition) is 2. The van der Waals surface area contributed by atoms with Crippen LogP contribution in [-0.4, -0.2) is 36.3 Å². The molecule has 24 heavy (non-hydrogen) atoms. The molecule has 0 radical (unpaired) electrons. The lowest BCUT2D eigenvalue weighted by Gasteiger charge is -2.57. The molecule has 5 fully saturated rings. The molecule has 4 heteroatoms. The SMILES string of the molecule is CCCNC(=O)[C@@H]1CCCN(C(=O)C23CC4CC(CC(C4)C2)C3)C1. The summed E-state index contributed by atoms with van der Waals surface area (Å²) in [6.07, 6.45) is 10.4. The predicted molar refractivity (Wildman–Crippen MR) is 93.2 cm³/mol. The molecule has 0 spiro atoms. The van der Waals surface area contributed by atoms with Gasteiger partial charge in [0.25, 0.3) is 0 Å². The minimum atomic E-state index is -0.0590. The second-order valence-corrected chi connectivity index (χ2v) is 9.08. The Hall–Kier alpha value is -1.06. The monoisotopic (exact) mass is 332 g/mol. The van der Waals surface area contributed by atoms with Crippen molar-refractivity contribution in [2.24, 2.45) is 29.1 Å². The van der Waals surface area contributed by atoms with Gasteiger partial charge in [0, 0.05) is 19.6 Å². The molecule has 1 atom stereocenters. The highest BCUT2D eigenvalue weighted by Gasteiger charge is 2.55. The van der Waals surface area contributed by atoms with Gasteiger partial charge in [-0.3, -0.25) is 9.59 Å². The number of nitrogens with one attached hydrogen (secondary N) is 1. The number of carbonyl (C=O) groups is 2. The molecule has 0 aromatic rings. The molecule has 4 saturated carbocycles. The van der Waals surface area contributed by atoms with Crippen LogP contribution in [0.5, 0.6) is 0 Å². The van der Waals surface area contributed by atoms with Crippen LogP contribution in [0.25, 0.3) is 0 Å². The number of hydrogen-bond donors (Lipinski definition) is 1. The van der Waals surface area contributed by atoms with Gasteiger partial charge in [0.1, 0.15) is 0 Å². The lowest BCUT2D eigenvalue weighted by molar-refractivity contribution is -0.160. The second-order valence-electron chi connectivity index (χ2n) is 9.08. The van der Waals surface area contributed by atoms with Crippen molar-refractivity contribution in [3.63, 3.8) is 0 Å². The van der Waals surface area contributed by atoms with Crippen LogP contribution in [0.2, 0.25) is 0 Å². The molecule has 134 valence electrons. The molecule has 4 nitrogen and oxygen atoms in total. The topological polar surface area (TPSA) is 49.4 Å². The molecule has 4 aliphatic carbocycles. The van der Waals surface area contributed by atoms with E-state index in [1.54, 1.807) is 0 Å². The third kappa shape index (κ3) is 2.86. The normalized spacial score (nSPS) is 40.6. The molecule has 2 amide bonds. The Morgan fingerprint density at radius 1 is 1.08 bits per heavy atom. The molecule has 0 aromatic carbocycles.